The van der Waals surface area contributed by atoms with Crippen LogP contribution in [-0.2, 0) is 0 Å². The Kier molecular flexibility index (Phi) is 6.65. The lowest BCUT2D eigenvalue weighted by Crippen LogP contribution is -2.13. The standard InChI is InChI=1S/C24H27NO2/c1-2-3-4-18-5-9-20(10-6-18)21-13-15-23(16-14-21)27-24(26)22-11-7-19(17-25)8-12-22/h7-8,11-16,18,20H,2-6,9-10H2,1H3. The van der Waals surface area contributed by atoms with Crippen molar-refractivity contribution in [2.75, 3.05) is 0 Å². The van der Waals surface area contributed by atoms with Gasteiger partial charge in [0.25, 0.3) is 0 Å². The topological polar surface area (TPSA) is 50.1 Å². The number of rotatable bonds is 6. The lowest BCUT2D eigenvalue weighted by Gasteiger charge is -2.28. The van der Waals surface area contributed by atoms with Crippen molar-refractivity contribution < 1.29 is 9.53 Å². The van der Waals surface area contributed by atoms with Gasteiger partial charge >= 0.3 is 5.97 Å². The van der Waals surface area contributed by atoms with Gasteiger partial charge in [0.1, 0.15) is 5.75 Å². The third-order valence-corrected chi connectivity index (χ3v) is 5.62. The molecule has 0 unspecified atom stereocenters. The molecule has 140 valence electrons. The Morgan fingerprint density at radius 3 is 2.30 bits per heavy atom. The van der Waals surface area contributed by atoms with Crippen LogP contribution in [0.2, 0.25) is 0 Å². The van der Waals surface area contributed by atoms with Gasteiger partial charge in [0.05, 0.1) is 17.2 Å². The van der Waals surface area contributed by atoms with Gasteiger partial charge in [-0.3, -0.25) is 0 Å². The Morgan fingerprint density at radius 1 is 1.04 bits per heavy atom. The summed E-state index contributed by atoms with van der Waals surface area (Å²) in [6.45, 7) is 2.27. The first-order valence-corrected chi connectivity index (χ1v) is 10.0. The van der Waals surface area contributed by atoms with Crippen molar-refractivity contribution in [3.63, 3.8) is 0 Å². The SMILES string of the molecule is CCCCC1CCC(c2ccc(OC(=O)c3ccc(C#N)cc3)cc2)CC1. The van der Waals surface area contributed by atoms with E-state index in [2.05, 4.69) is 19.1 Å². The molecule has 0 amide bonds. The molecule has 1 saturated carbocycles. The van der Waals surface area contributed by atoms with E-state index in [4.69, 9.17) is 10.00 Å². The van der Waals surface area contributed by atoms with Crippen LogP contribution in [0.4, 0.5) is 0 Å². The van der Waals surface area contributed by atoms with Crippen LogP contribution in [0.3, 0.4) is 0 Å². The van der Waals surface area contributed by atoms with Crippen molar-refractivity contribution in [3.8, 4) is 11.8 Å². The van der Waals surface area contributed by atoms with E-state index in [1.54, 1.807) is 24.3 Å². The van der Waals surface area contributed by atoms with Gasteiger partial charge in [-0.25, -0.2) is 4.79 Å². The molecule has 0 spiro atoms. The van der Waals surface area contributed by atoms with Crippen molar-refractivity contribution in [2.24, 2.45) is 5.92 Å². The minimum absolute atomic E-state index is 0.399. The second-order valence-corrected chi connectivity index (χ2v) is 7.51. The highest BCUT2D eigenvalue weighted by Crippen LogP contribution is 2.38. The number of nitriles is 1. The molecule has 0 heterocycles. The Hall–Kier alpha value is -2.60. The Labute approximate surface area is 162 Å². The van der Waals surface area contributed by atoms with Crippen molar-refractivity contribution >= 4 is 5.97 Å². The van der Waals surface area contributed by atoms with E-state index < -0.39 is 5.97 Å². The van der Waals surface area contributed by atoms with Crippen LogP contribution in [-0.4, -0.2) is 5.97 Å². The fraction of sp³-hybridized carbons (Fsp3) is 0.417. The van der Waals surface area contributed by atoms with Crippen molar-refractivity contribution in [1.29, 1.82) is 5.26 Å². The zero-order valence-electron chi connectivity index (χ0n) is 16.0. The van der Waals surface area contributed by atoms with Crippen molar-refractivity contribution in [2.45, 2.75) is 57.8 Å². The summed E-state index contributed by atoms with van der Waals surface area (Å²) in [5, 5.41) is 8.82. The summed E-state index contributed by atoms with van der Waals surface area (Å²) in [6.07, 6.45) is 9.22. The van der Waals surface area contributed by atoms with Crippen LogP contribution in [0.1, 0.15) is 79.3 Å². The van der Waals surface area contributed by atoms with Gasteiger partial charge in [-0.05, 0) is 79.5 Å². The summed E-state index contributed by atoms with van der Waals surface area (Å²) in [7, 11) is 0. The molecule has 2 aromatic rings. The van der Waals surface area contributed by atoms with Crippen LogP contribution >= 0.6 is 0 Å². The highest BCUT2D eigenvalue weighted by molar-refractivity contribution is 5.91. The number of carbonyl (C=O) groups excluding carboxylic acids is 1. The first-order valence-electron chi connectivity index (χ1n) is 10.0. The molecule has 3 heteroatoms. The van der Waals surface area contributed by atoms with Gasteiger partial charge in [-0.2, -0.15) is 5.26 Å². The van der Waals surface area contributed by atoms with E-state index in [0.29, 0.717) is 22.8 Å². The van der Waals surface area contributed by atoms with Crippen molar-refractivity contribution in [3.05, 3.63) is 65.2 Å². The predicted octanol–water partition coefficient (Wildman–Crippen LogP) is 6.24. The Balaban J connectivity index is 1.54. The molecule has 27 heavy (non-hydrogen) atoms. The summed E-state index contributed by atoms with van der Waals surface area (Å²) >= 11 is 0. The molecule has 2 aromatic carbocycles. The molecule has 1 aliphatic rings. The van der Waals surface area contributed by atoms with Crippen LogP contribution < -0.4 is 4.74 Å². The molecule has 0 saturated heterocycles. The van der Waals surface area contributed by atoms with Gasteiger partial charge in [-0.15, -0.1) is 0 Å². The normalized spacial score (nSPS) is 19.3. The average Bonchev–Trinajstić information content (AvgIpc) is 2.73. The summed E-state index contributed by atoms with van der Waals surface area (Å²) < 4.78 is 5.46. The number of nitrogens with zero attached hydrogens (tertiary/aromatic N) is 1. The monoisotopic (exact) mass is 361 g/mol. The summed E-state index contributed by atoms with van der Waals surface area (Å²) in [4.78, 5) is 12.2. The second-order valence-electron chi connectivity index (χ2n) is 7.51. The molecule has 0 aromatic heterocycles. The minimum atomic E-state index is -0.399. The number of hydrogen-bond donors (Lipinski definition) is 0. The van der Waals surface area contributed by atoms with E-state index in [1.165, 1.54) is 50.5 Å². The molecule has 3 rings (SSSR count). The lowest BCUT2D eigenvalue weighted by atomic mass is 9.77. The Bertz CT molecular complexity index is 779. The van der Waals surface area contributed by atoms with E-state index in [1.807, 2.05) is 18.2 Å². The third kappa shape index (κ3) is 5.20. The minimum Gasteiger partial charge on any atom is -0.423 e. The number of esters is 1. The molecule has 0 aliphatic heterocycles. The van der Waals surface area contributed by atoms with Gasteiger partial charge in [0, 0.05) is 0 Å². The van der Waals surface area contributed by atoms with Crippen molar-refractivity contribution in [1.82, 2.24) is 0 Å². The number of ether oxygens (including phenoxy) is 1. The maximum Gasteiger partial charge on any atom is 0.343 e. The Morgan fingerprint density at radius 2 is 1.70 bits per heavy atom. The molecular weight excluding hydrogens is 334 g/mol. The third-order valence-electron chi connectivity index (χ3n) is 5.62. The molecule has 0 radical (unpaired) electrons. The number of hydrogen-bond acceptors (Lipinski definition) is 3. The first kappa shape index (κ1) is 19.2. The second kappa shape index (κ2) is 9.37. The smallest absolute Gasteiger partial charge is 0.343 e. The predicted molar refractivity (Wildman–Crippen MR) is 107 cm³/mol. The number of carbonyl (C=O) groups is 1. The molecule has 1 aliphatic carbocycles. The van der Waals surface area contributed by atoms with Crippen LogP contribution in [0.25, 0.3) is 0 Å². The van der Waals surface area contributed by atoms with Crippen LogP contribution in [0.5, 0.6) is 5.75 Å². The maximum absolute atomic E-state index is 12.2. The molecule has 1 fully saturated rings. The largest absolute Gasteiger partial charge is 0.423 e. The lowest BCUT2D eigenvalue weighted by molar-refractivity contribution is 0.0734. The van der Waals surface area contributed by atoms with Gasteiger partial charge < -0.3 is 4.74 Å². The number of benzene rings is 2. The summed E-state index contributed by atoms with van der Waals surface area (Å²) in [6, 6.07) is 16.5. The van der Waals surface area contributed by atoms with Crippen LogP contribution in [0, 0.1) is 17.2 Å². The van der Waals surface area contributed by atoms with Crippen LogP contribution in [0.15, 0.2) is 48.5 Å². The van der Waals surface area contributed by atoms with E-state index in [0.717, 1.165) is 5.92 Å². The molecule has 0 N–H and O–H groups in total. The zero-order chi connectivity index (χ0) is 19.1. The average molecular weight is 361 g/mol. The number of unbranched alkanes of at least 4 members (excludes halogenated alkanes) is 1. The van der Waals surface area contributed by atoms with E-state index in [-0.39, 0.29) is 0 Å². The molecule has 0 bridgehead atoms. The van der Waals surface area contributed by atoms with Gasteiger partial charge in [0.15, 0.2) is 0 Å². The van der Waals surface area contributed by atoms with Gasteiger partial charge in [-0.1, -0.05) is 38.3 Å². The van der Waals surface area contributed by atoms with E-state index >= 15 is 0 Å². The molecular formula is C24H27NO2. The quantitative estimate of drug-likeness (QED) is 0.452. The highest BCUT2D eigenvalue weighted by atomic mass is 16.5. The first-order chi connectivity index (χ1) is 13.2. The highest BCUT2D eigenvalue weighted by Gasteiger charge is 2.22. The zero-order valence-corrected chi connectivity index (χ0v) is 16.0. The fourth-order valence-electron chi connectivity index (χ4n) is 3.93. The molecule has 0 atom stereocenters. The van der Waals surface area contributed by atoms with Gasteiger partial charge in [0.2, 0.25) is 0 Å². The fourth-order valence-corrected chi connectivity index (χ4v) is 3.93. The van der Waals surface area contributed by atoms with E-state index in [9.17, 15) is 4.79 Å². The molecule has 3 nitrogen and oxygen atoms in total. The summed E-state index contributed by atoms with van der Waals surface area (Å²) in [5.41, 5.74) is 2.32. The maximum atomic E-state index is 12.2. The summed E-state index contributed by atoms with van der Waals surface area (Å²) in [5.74, 6) is 1.70.